The molecular weight excluding hydrogens is 201 g/mol. The predicted molar refractivity (Wildman–Crippen MR) is 47.8 cm³/mol. The van der Waals surface area contributed by atoms with Crippen molar-refractivity contribution in [2.75, 3.05) is 13.1 Å². The second-order valence-corrected chi connectivity index (χ2v) is 3.04. The lowest BCUT2D eigenvalue weighted by Gasteiger charge is -2.31. The summed E-state index contributed by atoms with van der Waals surface area (Å²) in [7, 11) is 0. The molecule has 3 rings (SSSR count). The van der Waals surface area contributed by atoms with Gasteiger partial charge in [-0.3, -0.25) is 4.79 Å². The number of β-lactam (4-membered cyclic amide) rings is 1. The standard InChI is InChI=1S/C6H7N3O.2ClH/c1-6-3-9(5(6)10)2-4(6)8-7;;/h2-3H2,1H3;2*1H. The van der Waals surface area contributed by atoms with Crippen molar-refractivity contribution in [3.8, 4) is 0 Å². The van der Waals surface area contributed by atoms with Crippen LogP contribution >= 0.6 is 24.8 Å². The van der Waals surface area contributed by atoms with Gasteiger partial charge in [0.05, 0.1) is 0 Å². The van der Waals surface area contributed by atoms with E-state index in [1.165, 1.54) is 0 Å². The minimum absolute atomic E-state index is 0. The molecule has 3 fully saturated rings. The average Bonchev–Trinajstić information content (AvgIpc) is 2.38. The van der Waals surface area contributed by atoms with Crippen LogP contribution in [-0.4, -0.2) is 34.4 Å². The molecule has 0 spiro atoms. The van der Waals surface area contributed by atoms with Crippen molar-refractivity contribution in [2.24, 2.45) is 5.41 Å². The van der Waals surface area contributed by atoms with Crippen LogP contribution in [0, 0.1) is 5.41 Å². The molecule has 68 valence electrons. The first-order valence-corrected chi connectivity index (χ1v) is 3.19. The zero-order valence-electron chi connectivity index (χ0n) is 6.48. The van der Waals surface area contributed by atoms with Crippen LogP contribution in [0.15, 0.2) is 0 Å². The van der Waals surface area contributed by atoms with Crippen molar-refractivity contribution in [3.05, 3.63) is 5.53 Å². The summed E-state index contributed by atoms with van der Waals surface area (Å²) < 4.78 is 0. The number of halogens is 2. The molecule has 1 amide bonds. The maximum Gasteiger partial charge on any atom is 0.304 e. The Hall–Kier alpha value is -0.570. The largest absolute Gasteiger partial charge is 0.361 e. The van der Waals surface area contributed by atoms with Gasteiger partial charge in [-0.05, 0) is 6.92 Å². The van der Waals surface area contributed by atoms with Crippen molar-refractivity contribution < 1.29 is 9.58 Å². The van der Waals surface area contributed by atoms with Gasteiger partial charge in [-0.2, -0.15) is 4.79 Å². The summed E-state index contributed by atoms with van der Waals surface area (Å²) in [5, 5.41) is 0. The van der Waals surface area contributed by atoms with Crippen LogP contribution in [0.3, 0.4) is 0 Å². The fraction of sp³-hybridized carbons (Fsp3) is 0.667. The summed E-state index contributed by atoms with van der Waals surface area (Å²) in [6.45, 7) is 3.06. The van der Waals surface area contributed by atoms with E-state index in [4.69, 9.17) is 5.53 Å². The molecule has 1 unspecified atom stereocenters. The van der Waals surface area contributed by atoms with E-state index in [1.807, 2.05) is 6.92 Å². The lowest BCUT2D eigenvalue weighted by Crippen LogP contribution is -2.52. The maximum absolute atomic E-state index is 11.0. The fourth-order valence-electron chi connectivity index (χ4n) is 1.62. The van der Waals surface area contributed by atoms with Gasteiger partial charge in [-0.1, -0.05) is 0 Å². The normalized spacial score (nSPS) is 29.9. The minimum Gasteiger partial charge on any atom is -0.361 e. The van der Waals surface area contributed by atoms with Crippen molar-refractivity contribution in [1.29, 1.82) is 0 Å². The smallest absolute Gasteiger partial charge is 0.304 e. The Morgan fingerprint density at radius 2 is 2.17 bits per heavy atom. The van der Waals surface area contributed by atoms with E-state index in [2.05, 4.69) is 4.79 Å². The Bertz CT molecular complexity index is 274. The van der Waals surface area contributed by atoms with E-state index in [0.29, 0.717) is 12.3 Å². The molecule has 3 aliphatic rings. The van der Waals surface area contributed by atoms with Gasteiger partial charge in [0, 0.05) is 6.54 Å². The first-order chi connectivity index (χ1) is 4.68. The average molecular weight is 210 g/mol. The molecule has 2 bridgehead atoms. The van der Waals surface area contributed by atoms with E-state index in [0.717, 1.165) is 6.54 Å². The van der Waals surface area contributed by atoms with Gasteiger partial charge >= 0.3 is 5.71 Å². The second kappa shape index (κ2) is 3.05. The molecule has 0 saturated carbocycles. The molecule has 3 aliphatic heterocycles. The molecule has 0 aliphatic carbocycles. The van der Waals surface area contributed by atoms with Crippen LogP contribution in [-0.2, 0) is 4.79 Å². The molecule has 4 nitrogen and oxygen atoms in total. The van der Waals surface area contributed by atoms with E-state index in [1.54, 1.807) is 4.90 Å². The maximum atomic E-state index is 11.0. The predicted octanol–water partition coefficient (Wildman–Crippen LogP) is 0.363. The third-order valence-electron chi connectivity index (χ3n) is 2.36. The summed E-state index contributed by atoms with van der Waals surface area (Å²) in [5.74, 6) is 0.0975. The van der Waals surface area contributed by atoms with Gasteiger partial charge in [-0.25, -0.2) is 0 Å². The van der Waals surface area contributed by atoms with Gasteiger partial charge in [0.25, 0.3) is 0 Å². The lowest BCUT2D eigenvalue weighted by molar-refractivity contribution is -0.146. The van der Waals surface area contributed by atoms with Crippen molar-refractivity contribution in [2.45, 2.75) is 6.92 Å². The zero-order valence-corrected chi connectivity index (χ0v) is 8.11. The molecule has 3 heterocycles. The number of carbonyl (C=O) groups excluding carboxylic acids is 1. The molecule has 0 aromatic rings. The zero-order chi connectivity index (χ0) is 7.35. The van der Waals surface area contributed by atoms with Crippen LogP contribution in [0.5, 0.6) is 0 Å². The van der Waals surface area contributed by atoms with Crippen LogP contribution in [0.25, 0.3) is 5.53 Å². The Morgan fingerprint density at radius 3 is 2.33 bits per heavy atom. The summed E-state index contributed by atoms with van der Waals surface area (Å²) in [6, 6.07) is 0. The van der Waals surface area contributed by atoms with Gasteiger partial charge in [0.15, 0.2) is 5.41 Å². The molecule has 0 aromatic heterocycles. The van der Waals surface area contributed by atoms with Crippen LogP contribution in [0.1, 0.15) is 6.92 Å². The highest BCUT2D eigenvalue weighted by Gasteiger charge is 2.64. The van der Waals surface area contributed by atoms with Gasteiger partial charge in [0.1, 0.15) is 6.54 Å². The topological polar surface area (TPSA) is 56.7 Å². The molecule has 6 heteroatoms. The van der Waals surface area contributed by atoms with Crippen molar-refractivity contribution >= 4 is 36.4 Å². The van der Waals surface area contributed by atoms with Crippen LogP contribution in [0.4, 0.5) is 0 Å². The fourth-order valence-corrected chi connectivity index (χ4v) is 1.62. The van der Waals surface area contributed by atoms with Gasteiger partial charge < -0.3 is 10.4 Å². The Kier molecular flexibility index (Phi) is 2.91. The highest BCUT2D eigenvalue weighted by Crippen LogP contribution is 2.39. The molecule has 1 atom stereocenters. The molecule has 0 radical (unpaired) electrons. The number of hydrogen-bond acceptors (Lipinski definition) is 1. The second-order valence-electron chi connectivity index (χ2n) is 3.04. The highest BCUT2D eigenvalue weighted by atomic mass is 35.5. The number of rotatable bonds is 0. The Balaban J connectivity index is 0.000000605. The molecule has 12 heavy (non-hydrogen) atoms. The monoisotopic (exact) mass is 209 g/mol. The van der Waals surface area contributed by atoms with E-state index >= 15 is 0 Å². The van der Waals surface area contributed by atoms with Crippen molar-refractivity contribution in [3.63, 3.8) is 0 Å². The number of amides is 1. The van der Waals surface area contributed by atoms with Crippen molar-refractivity contribution in [1.82, 2.24) is 4.90 Å². The van der Waals surface area contributed by atoms with E-state index in [9.17, 15) is 4.79 Å². The molecule has 0 N–H and O–H groups in total. The minimum atomic E-state index is -0.450. The Morgan fingerprint density at radius 1 is 1.58 bits per heavy atom. The Labute approximate surface area is 82.4 Å². The first kappa shape index (κ1) is 11.4. The summed E-state index contributed by atoms with van der Waals surface area (Å²) in [4.78, 5) is 15.8. The molecule has 3 saturated heterocycles. The number of nitrogens with zero attached hydrogens (tertiary/aromatic N) is 3. The number of fused-ring (bicyclic) bond motifs is 1. The van der Waals surface area contributed by atoms with E-state index < -0.39 is 5.41 Å². The third kappa shape index (κ3) is 0.959. The van der Waals surface area contributed by atoms with Gasteiger partial charge in [-0.15, -0.1) is 24.8 Å². The highest BCUT2D eigenvalue weighted by molar-refractivity contribution is 6.17. The lowest BCUT2D eigenvalue weighted by atomic mass is 9.83. The first-order valence-electron chi connectivity index (χ1n) is 3.19. The molecular formula is C6H9Cl2N3O. The SMILES string of the molecule is CC12CN(CC1=[N+]=[N-])C2=O.Cl.Cl. The third-order valence-corrected chi connectivity index (χ3v) is 2.36. The molecule has 0 aromatic carbocycles. The van der Waals surface area contributed by atoms with E-state index in [-0.39, 0.29) is 30.7 Å². The van der Waals surface area contributed by atoms with Crippen LogP contribution < -0.4 is 0 Å². The van der Waals surface area contributed by atoms with Gasteiger partial charge in [0.2, 0.25) is 5.91 Å². The summed E-state index contributed by atoms with van der Waals surface area (Å²) in [5.41, 5.74) is 8.61. The number of carbonyl (C=O) groups is 1. The van der Waals surface area contributed by atoms with Crippen LogP contribution in [0.2, 0.25) is 0 Å². The quantitative estimate of drug-likeness (QED) is 0.323. The summed E-state index contributed by atoms with van der Waals surface area (Å²) in [6.07, 6.45) is 0. The summed E-state index contributed by atoms with van der Waals surface area (Å²) >= 11 is 0. The number of hydrogen-bond donors (Lipinski definition) is 0.